The predicted molar refractivity (Wildman–Crippen MR) is 112 cm³/mol. The Morgan fingerprint density at radius 3 is 2.52 bits per heavy atom. The minimum Gasteiger partial charge on any atom is -0.497 e. The molecular weight excluding hydrogens is 364 g/mol. The number of nitrogens with one attached hydrogen (secondary N) is 1. The molecule has 0 aliphatic carbocycles. The molecule has 3 N–H and O–H groups in total. The molecule has 4 rings (SSSR count). The van der Waals surface area contributed by atoms with Gasteiger partial charge in [0.1, 0.15) is 17.1 Å². The molecule has 2 aromatic heterocycles. The molecule has 1 aliphatic heterocycles. The monoisotopic (exact) mass is 390 g/mol. The largest absolute Gasteiger partial charge is 0.497 e. The maximum Gasteiger partial charge on any atom is 0.156 e. The smallest absolute Gasteiger partial charge is 0.156 e. The van der Waals surface area contributed by atoms with Crippen LogP contribution in [0.1, 0.15) is 30.7 Å². The first-order valence-corrected chi connectivity index (χ1v) is 8.93. The Morgan fingerprint density at radius 1 is 1.07 bits per heavy atom. The number of H-pyrrole nitrogens is 1. The molecular formula is C20H27ClN4O2. The molecule has 0 amide bonds. The average molecular weight is 391 g/mol. The summed E-state index contributed by atoms with van der Waals surface area (Å²) in [4.78, 5) is 15.5. The highest BCUT2D eigenvalue weighted by Gasteiger charge is 2.20. The van der Waals surface area contributed by atoms with Crippen molar-refractivity contribution in [2.75, 3.05) is 25.1 Å². The molecule has 0 unspecified atom stereocenters. The Bertz CT molecular complexity index is 920. The fraction of sp³-hybridized carbons (Fsp3) is 0.400. The van der Waals surface area contributed by atoms with Crippen LogP contribution in [0.3, 0.4) is 0 Å². The molecule has 1 aliphatic rings. The van der Waals surface area contributed by atoms with Crippen molar-refractivity contribution >= 4 is 29.3 Å². The van der Waals surface area contributed by atoms with Gasteiger partial charge in [-0.2, -0.15) is 0 Å². The maximum absolute atomic E-state index is 5.38. The third kappa shape index (κ3) is 3.87. The van der Waals surface area contributed by atoms with Crippen LogP contribution in [0.4, 0.5) is 5.82 Å². The summed E-state index contributed by atoms with van der Waals surface area (Å²) in [7, 11) is 1.69. The quantitative estimate of drug-likeness (QED) is 0.736. The minimum atomic E-state index is 0. The Morgan fingerprint density at radius 2 is 1.81 bits per heavy atom. The number of aromatic nitrogens is 3. The van der Waals surface area contributed by atoms with Gasteiger partial charge in [0, 0.05) is 24.2 Å². The van der Waals surface area contributed by atoms with Gasteiger partial charge in [0.05, 0.1) is 18.3 Å². The second-order valence-corrected chi connectivity index (χ2v) is 6.72. The summed E-state index contributed by atoms with van der Waals surface area (Å²) in [6.45, 7) is 6.24. The van der Waals surface area contributed by atoms with E-state index in [1.165, 1.54) is 19.3 Å². The molecule has 0 bridgehead atoms. The number of hydrogen-bond donors (Lipinski definition) is 1. The van der Waals surface area contributed by atoms with E-state index in [9.17, 15) is 0 Å². The van der Waals surface area contributed by atoms with Gasteiger partial charge in [-0.15, -0.1) is 12.4 Å². The molecule has 6 nitrogen and oxygen atoms in total. The molecule has 1 saturated heterocycles. The second-order valence-electron chi connectivity index (χ2n) is 6.72. The van der Waals surface area contributed by atoms with Crippen LogP contribution in [0.25, 0.3) is 22.3 Å². The van der Waals surface area contributed by atoms with Gasteiger partial charge in [-0.1, -0.05) is 12.1 Å². The van der Waals surface area contributed by atoms with Gasteiger partial charge in [-0.25, -0.2) is 9.97 Å². The van der Waals surface area contributed by atoms with Gasteiger partial charge >= 0.3 is 0 Å². The van der Waals surface area contributed by atoms with Gasteiger partial charge in [-0.05, 0) is 45.2 Å². The molecule has 0 radical (unpaired) electrons. The third-order valence-electron chi connectivity index (χ3n) is 5.00. The summed E-state index contributed by atoms with van der Waals surface area (Å²) < 4.78 is 5.38. The highest BCUT2D eigenvalue weighted by molar-refractivity contribution is 5.94. The number of rotatable bonds is 3. The minimum absolute atomic E-state index is 0. The van der Waals surface area contributed by atoms with Gasteiger partial charge in [0.25, 0.3) is 0 Å². The lowest BCUT2D eigenvalue weighted by Gasteiger charge is -2.28. The van der Waals surface area contributed by atoms with E-state index in [4.69, 9.17) is 14.7 Å². The normalized spacial score (nSPS) is 13.8. The number of nitrogens with zero attached hydrogens (tertiary/aromatic N) is 3. The highest BCUT2D eigenvalue weighted by Crippen LogP contribution is 2.34. The number of fused-ring (bicyclic) bond motifs is 1. The van der Waals surface area contributed by atoms with E-state index in [2.05, 4.69) is 28.9 Å². The van der Waals surface area contributed by atoms with E-state index in [1.54, 1.807) is 7.11 Å². The van der Waals surface area contributed by atoms with Crippen molar-refractivity contribution in [1.82, 2.24) is 15.0 Å². The number of anilines is 1. The van der Waals surface area contributed by atoms with Crippen LogP contribution in [-0.2, 0) is 0 Å². The molecule has 27 heavy (non-hydrogen) atoms. The van der Waals surface area contributed by atoms with Crippen LogP contribution >= 0.6 is 12.4 Å². The number of halogens is 1. The van der Waals surface area contributed by atoms with Gasteiger partial charge in [0.2, 0.25) is 0 Å². The molecule has 0 spiro atoms. The van der Waals surface area contributed by atoms with Crippen LogP contribution in [0.2, 0.25) is 0 Å². The average Bonchev–Trinajstić information content (AvgIpc) is 2.98. The van der Waals surface area contributed by atoms with Crippen LogP contribution in [0.15, 0.2) is 24.3 Å². The molecule has 3 aromatic rings. The Balaban J connectivity index is 0.00000131. The number of aryl methyl sites for hydroxylation is 2. The van der Waals surface area contributed by atoms with Gasteiger partial charge in [-0.3, -0.25) is 0 Å². The number of aromatic amines is 1. The summed E-state index contributed by atoms with van der Waals surface area (Å²) in [5, 5.41) is 0. The topological polar surface area (TPSA) is 85.5 Å². The van der Waals surface area contributed by atoms with E-state index in [0.29, 0.717) is 0 Å². The summed E-state index contributed by atoms with van der Waals surface area (Å²) in [6.07, 6.45) is 3.77. The van der Waals surface area contributed by atoms with E-state index in [-0.39, 0.29) is 17.9 Å². The molecule has 146 valence electrons. The van der Waals surface area contributed by atoms with Crippen LogP contribution in [0.5, 0.6) is 5.75 Å². The predicted octanol–water partition coefficient (Wildman–Crippen LogP) is 3.84. The van der Waals surface area contributed by atoms with Gasteiger partial charge in [0.15, 0.2) is 5.82 Å². The van der Waals surface area contributed by atoms with Crippen molar-refractivity contribution in [2.45, 2.75) is 33.1 Å². The molecule has 3 heterocycles. The molecule has 0 atom stereocenters. The van der Waals surface area contributed by atoms with E-state index < -0.39 is 0 Å². The molecule has 1 aromatic carbocycles. The SMILES string of the molecule is COc1cccc(-c2[nH]c3c(N4CCCCC4)nc(C)nc3c2C)c1.Cl.O. The zero-order valence-corrected chi connectivity index (χ0v) is 16.8. The molecule has 0 saturated carbocycles. The number of benzene rings is 1. The summed E-state index contributed by atoms with van der Waals surface area (Å²) in [6, 6.07) is 8.13. The number of ether oxygens (including phenoxy) is 1. The standard InChI is InChI=1S/C20H24N4O.ClH.H2O/c1-13-17(15-8-7-9-16(12-15)25-3)23-19-18(13)21-14(2)22-20(19)24-10-5-4-6-11-24;;/h7-9,12,23H,4-6,10-11H2,1-3H3;1H;1H2. The van der Waals surface area contributed by atoms with Crippen LogP contribution in [-0.4, -0.2) is 40.6 Å². The molecule has 7 heteroatoms. The van der Waals surface area contributed by atoms with E-state index in [1.807, 2.05) is 19.1 Å². The first-order valence-electron chi connectivity index (χ1n) is 8.93. The zero-order valence-electron chi connectivity index (χ0n) is 16.0. The van der Waals surface area contributed by atoms with Crippen molar-refractivity contribution in [3.63, 3.8) is 0 Å². The molecule has 1 fully saturated rings. The number of piperidine rings is 1. The fourth-order valence-corrected chi connectivity index (χ4v) is 3.68. The van der Waals surface area contributed by atoms with Crippen molar-refractivity contribution in [3.8, 4) is 17.0 Å². The second kappa shape index (κ2) is 8.59. The van der Waals surface area contributed by atoms with Crippen molar-refractivity contribution < 1.29 is 10.2 Å². The fourth-order valence-electron chi connectivity index (χ4n) is 3.68. The lowest BCUT2D eigenvalue weighted by atomic mass is 10.1. The third-order valence-corrected chi connectivity index (χ3v) is 5.00. The highest BCUT2D eigenvalue weighted by atomic mass is 35.5. The van der Waals surface area contributed by atoms with E-state index in [0.717, 1.165) is 58.3 Å². The number of hydrogen-bond acceptors (Lipinski definition) is 4. The maximum atomic E-state index is 5.38. The summed E-state index contributed by atoms with van der Waals surface area (Å²) in [5.41, 5.74) is 5.42. The van der Waals surface area contributed by atoms with E-state index >= 15 is 0 Å². The Hall–Kier alpha value is -2.31. The summed E-state index contributed by atoms with van der Waals surface area (Å²) in [5.74, 6) is 2.72. The van der Waals surface area contributed by atoms with Crippen LogP contribution in [0, 0.1) is 13.8 Å². The summed E-state index contributed by atoms with van der Waals surface area (Å²) >= 11 is 0. The first kappa shape index (κ1) is 21.0. The van der Waals surface area contributed by atoms with Crippen molar-refractivity contribution in [1.29, 1.82) is 0 Å². The Kier molecular flexibility index (Phi) is 6.68. The van der Waals surface area contributed by atoms with Crippen LogP contribution < -0.4 is 9.64 Å². The Labute approximate surface area is 165 Å². The zero-order chi connectivity index (χ0) is 17.4. The van der Waals surface area contributed by atoms with Crippen molar-refractivity contribution in [2.24, 2.45) is 0 Å². The lowest BCUT2D eigenvalue weighted by molar-refractivity contribution is 0.415. The number of methoxy groups -OCH3 is 1. The van der Waals surface area contributed by atoms with Gasteiger partial charge < -0.3 is 20.1 Å². The lowest BCUT2D eigenvalue weighted by Crippen LogP contribution is -2.30. The first-order chi connectivity index (χ1) is 12.2. The van der Waals surface area contributed by atoms with Crippen molar-refractivity contribution in [3.05, 3.63) is 35.7 Å².